The molecule has 1 aliphatic rings. The highest BCUT2D eigenvalue weighted by atomic mass is 16.5. The second-order valence-corrected chi connectivity index (χ2v) is 4.86. The van der Waals surface area contributed by atoms with E-state index in [9.17, 15) is 4.79 Å². The average Bonchev–Trinajstić information content (AvgIpc) is 2.45. The summed E-state index contributed by atoms with van der Waals surface area (Å²) in [4.78, 5) is 15.5. The third kappa shape index (κ3) is 3.92. The summed E-state index contributed by atoms with van der Waals surface area (Å²) >= 11 is 0. The van der Waals surface area contributed by atoms with Crippen molar-refractivity contribution in [1.82, 2.24) is 4.98 Å². The van der Waals surface area contributed by atoms with Gasteiger partial charge in [0, 0.05) is 18.8 Å². The van der Waals surface area contributed by atoms with Crippen LogP contribution in [0, 0.1) is 5.92 Å². The molecule has 1 aromatic heterocycles. The highest BCUT2D eigenvalue weighted by Gasteiger charge is 2.14. The molecular weight excluding hydrogens is 244 g/mol. The van der Waals surface area contributed by atoms with Crippen molar-refractivity contribution in [1.29, 1.82) is 0 Å². The number of anilines is 1. The zero-order chi connectivity index (χ0) is 13.7. The first-order valence-corrected chi connectivity index (χ1v) is 6.75. The lowest BCUT2D eigenvalue weighted by Crippen LogP contribution is -2.24. The van der Waals surface area contributed by atoms with Crippen LogP contribution in [0.25, 0.3) is 0 Å². The van der Waals surface area contributed by atoms with E-state index in [2.05, 4.69) is 10.3 Å². The molecule has 1 aromatic rings. The minimum absolute atomic E-state index is 0.286. The molecule has 1 fully saturated rings. The van der Waals surface area contributed by atoms with Crippen molar-refractivity contribution < 1.29 is 14.6 Å². The molecule has 1 saturated heterocycles. The first-order valence-electron chi connectivity index (χ1n) is 6.75. The Kier molecular flexibility index (Phi) is 4.74. The summed E-state index contributed by atoms with van der Waals surface area (Å²) in [7, 11) is 0. The number of aryl methyl sites for hydroxylation is 1. The van der Waals surface area contributed by atoms with Gasteiger partial charge in [0.25, 0.3) is 0 Å². The monoisotopic (exact) mass is 264 g/mol. The third-order valence-corrected chi connectivity index (χ3v) is 3.31. The number of rotatable bonds is 5. The van der Waals surface area contributed by atoms with E-state index in [-0.39, 0.29) is 5.56 Å². The van der Waals surface area contributed by atoms with Crippen LogP contribution in [-0.4, -0.2) is 35.8 Å². The zero-order valence-corrected chi connectivity index (χ0v) is 11.2. The molecule has 2 rings (SSSR count). The highest BCUT2D eigenvalue weighted by Crippen LogP contribution is 2.16. The van der Waals surface area contributed by atoms with E-state index in [1.165, 1.54) is 0 Å². The molecule has 2 heterocycles. The molecule has 5 nitrogen and oxygen atoms in total. The molecule has 0 aliphatic carbocycles. The maximum Gasteiger partial charge on any atom is 0.335 e. The Labute approximate surface area is 113 Å². The minimum atomic E-state index is -0.916. The normalized spacial score (nSPS) is 19.1. The van der Waals surface area contributed by atoms with Crippen molar-refractivity contribution in [3.8, 4) is 0 Å². The van der Waals surface area contributed by atoms with Crippen molar-refractivity contribution >= 4 is 11.8 Å². The van der Waals surface area contributed by atoms with Crippen LogP contribution in [0.4, 0.5) is 5.82 Å². The summed E-state index contributed by atoms with van der Waals surface area (Å²) in [5.74, 6) is 0.206. The van der Waals surface area contributed by atoms with Crippen LogP contribution in [0.5, 0.6) is 0 Å². The number of aromatic carboxylic acids is 1. The Bertz CT molecular complexity index is 442. The van der Waals surface area contributed by atoms with Gasteiger partial charge in [-0.15, -0.1) is 0 Å². The number of carbonyl (C=O) groups is 1. The second kappa shape index (κ2) is 6.52. The van der Waals surface area contributed by atoms with Gasteiger partial charge >= 0.3 is 5.97 Å². The van der Waals surface area contributed by atoms with Gasteiger partial charge in [0.15, 0.2) is 0 Å². The number of nitrogens with zero attached hydrogens (tertiary/aromatic N) is 1. The molecule has 2 N–H and O–H groups in total. The molecule has 0 amide bonds. The Morgan fingerprint density at radius 1 is 1.58 bits per heavy atom. The van der Waals surface area contributed by atoms with Crippen LogP contribution in [0.1, 0.15) is 35.8 Å². The van der Waals surface area contributed by atoms with Crippen molar-refractivity contribution in [2.75, 3.05) is 25.1 Å². The van der Waals surface area contributed by atoms with Gasteiger partial charge in [-0.25, -0.2) is 9.78 Å². The molecule has 19 heavy (non-hydrogen) atoms. The lowest BCUT2D eigenvalue weighted by molar-refractivity contribution is 0.0594. The number of hydrogen-bond donors (Lipinski definition) is 2. The molecule has 1 aliphatic heterocycles. The van der Waals surface area contributed by atoms with E-state index in [0.717, 1.165) is 44.7 Å². The summed E-state index contributed by atoms with van der Waals surface area (Å²) in [6.07, 6.45) is 2.96. The van der Waals surface area contributed by atoms with E-state index in [1.807, 2.05) is 6.92 Å². The molecule has 104 valence electrons. The Hall–Kier alpha value is -1.62. The summed E-state index contributed by atoms with van der Waals surface area (Å²) in [5, 5.41) is 12.3. The molecule has 5 heteroatoms. The zero-order valence-electron chi connectivity index (χ0n) is 11.2. The van der Waals surface area contributed by atoms with E-state index in [0.29, 0.717) is 11.7 Å². The van der Waals surface area contributed by atoms with Crippen molar-refractivity contribution in [3.63, 3.8) is 0 Å². The lowest BCUT2D eigenvalue weighted by atomic mass is 10.0. The van der Waals surface area contributed by atoms with E-state index in [1.54, 1.807) is 12.1 Å². The first kappa shape index (κ1) is 13.8. The van der Waals surface area contributed by atoms with Crippen LogP contribution < -0.4 is 5.32 Å². The van der Waals surface area contributed by atoms with Crippen molar-refractivity contribution in [2.45, 2.75) is 26.2 Å². The van der Waals surface area contributed by atoms with Gasteiger partial charge in [-0.2, -0.15) is 0 Å². The van der Waals surface area contributed by atoms with E-state index < -0.39 is 5.97 Å². The fourth-order valence-corrected chi connectivity index (χ4v) is 2.20. The fraction of sp³-hybridized carbons (Fsp3) is 0.571. The lowest BCUT2D eigenvalue weighted by Gasteiger charge is -2.22. The topological polar surface area (TPSA) is 71.5 Å². The molecule has 1 unspecified atom stereocenters. The van der Waals surface area contributed by atoms with Crippen LogP contribution >= 0.6 is 0 Å². The number of hydrogen-bond acceptors (Lipinski definition) is 4. The molecule has 0 spiro atoms. The predicted molar refractivity (Wildman–Crippen MR) is 72.6 cm³/mol. The molecule has 1 atom stereocenters. The Balaban J connectivity index is 2.02. The number of pyridine rings is 1. The number of carboxylic acids is 1. The van der Waals surface area contributed by atoms with Crippen LogP contribution in [-0.2, 0) is 11.2 Å². The Morgan fingerprint density at radius 3 is 3.05 bits per heavy atom. The minimum Gasteiger partial charge on any atom is -0.478 e. The largest absolute Gasteiger partial charge is 0.478 e. The van der Waals surface area contributed by atoms with Crippen LogP contribution in [0.2, 0.25) is 0 Å². The number of ether oxygens (including phenoxy) is 1. The average molecular weight is 264 g/mol. The van der Waals surface area contributed by atoms with Crippen LogP contribution in [0.3, 0.4) is 0 Å². The number of aromatic nitrogens is 1. The molecule has 0 bridgehead atoms. The molecule has 0 saturated carbocycles. The van der Waals surface area contributed by atoms with Gasteiger partial charge in [0.05, 0.1) is 12.2 Å². The summed E-state index contributed by atoms with van der Waals surface area (Å²) in [6.45, 7) is 4.36. The first-order chi connectivity index (χ1) is 9.19. The fourth-order valence-electron chi connectivity index (χ4n) is 2.20. The van der Waals surface area contributed by atoms with Gasteiger partial charge in [-0.3, -0.25) is 0 Å². The van der Waals surface area contributed by atoms with Crippen molar-refractivity contribution in [2.24, 2.45) is 5.92 Å². The van der Waals surface area contributed by atoms with Gasteiger partial charge < -0.3 is 15.2 Å². The van der Waals surface area contributed by atoms with Crippen LogP contribution in [0.15, 0.2) is 12.1 Å². The summed E-state index contributed by atoms with van der Waals surface area (Å²) < 4.78 is 5.42. The van der Waals surface area contributed by atoms with Gasteiger partial charge in [-0.1, -0.05) is 6.92 Å². The summed E-state index contributed by atoms with van der Waals surface area (Å²) in [6, 6.07) is 3.21. The standard InChI is InChI=1S/C14H20N2O3/c1-2-12-6-11(14(17)18)7-13(16-12)15-8-10-4-3-5-19-9-10/h6-7,10H,2-5,8-9H2,1H3,(H,15,16)(H,17,18). The smallest absolute Gasteiger partial charge is 0.335 e. The second-order valence-electron chi connectivity index (χ2n) is 4.86. The Morgan fingerprint density at radius 2 is 2.42 bits per heavy atom. The van der Waals surface area contributed by atoms with Gasteiger partial charge in [0.1, 0.15) is 5.82 Å². The molecule has 0 aromatic carbocycles. The molecular formula is C14H20N2O3. The highest BCUT2D eigenvalue weighted by molar-refractivity contribution is 5.88. The van der Waals surface area contributed by atoms with E-state index >= 15 is 0 Å². The number of carboxylic acid groups (broad SMARTS) is 1. The summed E-state index contributed by atoms with van der Waals surface area (Å²) in [5.41, 5.74) is 1.08. The maximum atomic E-state index is 11.1. The number of nitrogens with one attached hydrogen (secondary N) is 1. The van der Waals surface area contributed by atoms with Crippen molar-refractivity contribution in [3.05, 3.63) is 23.4 Å². The molecule has 0 radical (unpaired) electrons. The van der Waals surface area contributed by atoms with Gasteiger partial charge in [0.2, 0.25) is 0 Å². The third-order valence-electron chi connectivity index (χ3n) is 3.31. The van der Waals surface area contributed by atoms with Gasteiger partial charge in [-0.05, 0) is 37.3 Å². The maximum absolute atomic E-state index is 11.1. The van der Waals surface area contributed by atoms with E-state index in [4.69, 9.17) is 9.84 Å². The SMILES string of the molecule is CCc1cc(C(=O)O)cc(NCC2CCCOC2)n1. The quantitative estimate of drug-likeness (QED) is 0.853. The predicted octanol–water partition coefficient (Wildman–Crippen LogP) is 2.18.